The van der Waals surface area contributed by atoms with Gasteiger partial charge in [-0.1, -0.05) is 13.0 Å². The van der Waals surface area contributed by atoms with E-state index in [9.17, 15) is 5.11 Å². The Morgan fingerprint density at radius 2 is 2.25 bits per heavy atom. The topological polar surface area (TPSA) is 56.6 Å². The number of hydrogen-bond acceptors (Lipinski definition) is 4. The minimum Gasteiger partial charge on any atom is -0.394 e. The van der Waals surface area contributed by atoms with Gasteiger partial charge in [-0.3, -0.25) is 0 Å². The first-order chi connectivity index (χ1) is 7.76. The molecule has 16 heavy (non-hydrogen) atoms. The highest BCUT2D eigenvalue weighted by Gasteiger charge is 2.31. The summed E-state index contributed by atoms with van der Waals surface area (Å²) < 4.78 is 0. The molecule has 2 N–H and O–H groups in total. The van der Waals surface area contributed by atoms with Gasteiger partial charge in [0, 0.05) is 12.7 Å². The fourth-order valence-corrected chi connectivity index (χ4v) is 2.25. The Hall–Kier alpha value is -1.13. The molecule has 1 saturated heterocycles. The van der Waals surface area contributed by atoms with Crippen molar-refractivity contribution in [3.05, 3.63) is 23.9 Å². The summed E-state index contributed by atoms with van der Waals surface area (Å²) in [5, 5.41) is 18.3. The third-order valence-electron chi connectivity index (χ3n) is 3.36. The number of pyridine rings is 1. The molecule has 0 amide bonds. The third kappa shape index (κ3) is 2.03. The Morgan fingerprint density at radius 1 is 1.44 bits per heavy atom. The number of aliphatic hydroxyl groups excluding tert-OH is 2. The van der Waals surface area contributed by atoms with Crippen molar-refractivity contribution in [1.82, 2.24) is 4.98 Å². The Bertz CT molecular complexity index is 339. The van der Waals surface area contributed by atoms with E-state index >= 15 is 0 Å². The molecular weight excluding hydrogens is 204 g/mol. The number of nitrogens with zero attached hydrogens (tertiary/aromatic N) is 2. The lowest BCUT2D eigenvalue weighted by atomic mass is 10.0. The fraction of sp³-hybridized carbons (Fsp3) is 0.583. The molecule has 88 valence electrons. The average Bonchev–Trinajstić information content (AvgIpc) is 2.70. The number of rotatable bonds is 3. The molecule has 1 fully saturated rings. The van der Waals surface area contributed by atoms with Gasteiger partial charge in [0.15, 0.2) is 0 Å². The first-order valence-corrected chi connectivity index (χ1v) is 5.69. The Kier molecular flexibility index (Phi) is 3.41. The van der Waals surface area contributed by atoms with Crippen molar-refractivity contribution in [2.45, 2.75) is 26.0 Å². The van der Waals surface area contributed by atoms with Gasteiger partial charge in [-0.25, -0.2) is 4.98 Å². The van der Waals surface area contributed by atoms with E-state index in [1.165, 1.54) is 0 Å². The lowest BCUT2D eigenvalue weighted by Gasteiger charge is -2.26. The Labute approximate surface area is 95.5 Å². The molecule has 2 atom stereocenters. The van der Waals surface area contributed by atoms with Gasteiger partial charge in [-0.05, 0) is 24.0 Å². The first kappa shape index (κ1) is 11.4. The minimum atomic E-state index is 0.0209. The van der Waals surface area contributed by atoms with Crippen LogP contribution in [-0.4, -0.2) is 34.4 Å². The van der Waals surface area contributed by atoms with Gasteiger partial charge < -0.3 is 15.1 Å². The summed E-state index contributed by atoms with van der Waals surface area (Å²) in [6.45, 7) is 3.29. The molecule has 0 spiro atoms. The monoisotopic (exact) mass is 222 g/mol. The van der Waals surface area contributed by atoms with Gasteiger partial charge >= 0.3 is 0 Å². The van der Waals surface area contributed by atoms with Crippen LogP contribution in [0.15, 0.2) is 18.3 Å². The van der Waals surface area contributed by atoms with Crippen LogP contribution in [0.5, 0.6) is 0 Å². The van der Waals surface area contributed by atoms with Crippen LogP contribution < -0.4 is 4.90 Å². The Morgan fingerprint density at radius 3 is 2.81 bits per heavy atom. The van der Waals surface area contributed by atoms with Crippen molar-refractivity contribution >= 4 is 5.82 Å². The van der Waals surface area contributed by atoms with Crippen molar-refractivity contribution in [3.63, 3.8) is 0 Å². The van der Waals surface area contributed by atoms with Crippen LogP contribution in [0.1, 0.15) is 18.9 Å². The zero-order valence-corrected chi connectivity index (χ0v) is 9.50. The van der Waals surface area contributed by atoms with Gasteiger partial charge in [0.2, 0.25) is 0 Å². The zero-order chi connectivity index (χ0) is 11.5. The predicted molar refractivity (Wildman–Crippen MR) is 62.2 cm³/mol. The van der Waals surface area contributed by atoms with Crippen molar-refractivity contribution in [3.8, 4) is 0 Å². The molecule has 4 heteroatoms. The largest absolute Gasteiger partial charge is 0.394 e. The third-order valence-corrected chi connectivity index (χ3v) is 3.36. The molecule has 1 aliphatic rings. The molecule has 0 aromatic carbocycles. The van der Waals surface area contributed by atoms with Gasteiger partial charge in [0.1, 0.15) is 5.82 Å². The highest BCUT2D eigenvalue weighted by atomic mass is 16.3. The molecule has 0 aliphatic carbocycles. The minimum absolute atomic E-state index is 0.0209. The summed E-state index contributed by atoms with van der Waals surface area (Å²) in [5.74, 6) is 1.39. The van der Waals surface area contributed by atoms with E-state index in [1.807, 2.05) is 12.1 Å². The summed E-state index contributed by atoms with van der Waals surface area (Å²) >= 11 is 0. The van der Waals surface area contributed by atoms with Crippen molar-refractivity contribution < 1.29 is 10.2 Å². The highest BCUT2D eigenvalue weighted by Crippen LogP contribution is 2.27. The van der Waals surface area contributed by atoms with Crippen LogP contribution in [0, 0.1) is 5.92 Å². The molecule has 2 heterocycles. The number of anilines is 1. The second-order valence-electron chi connectivity index (χ2n) is 4.39. The summed E-state index contributed by atoms with van der Waals surface area (Å²) in [5.41, 5.74) is 0.816. The zero-order valence-electron chi connectivity index (χ0n) is 9.50. The molecule has 4 nitrogen and oxygen atoms in total. The molecule has 0 radical (unpaired) electrons. The molecule has 1 aromatic rings. The van der Waals surface area contributed by atoms with Crippen LogP contribution in [0.4, 0.5) is 5.82 Å². The molecule has 2 rings (SSSR count). The number of aliphatic hydroxyl groups is 2. The maximum absolute atomic E-state index is 9.36. The molecular formula is C12H18N2O2. The number of aromatic nitrogens is 1. The smallest absolute Gasteiger partial charge is 0.128 e. The van der Waals surface area contributed by atoms with E-state index in [2.05, 4.69) is 16.8 Å². The average molecular weight is 222 g/mol. The molecule has 1 aliphatic heterocycles. The van der Waals surface area contributed by atoms with E-state index in [0.717, 1.165) is 24.3 Å². The van der Waals surface area contributed by atoms with E-state index in [-0.39, 0.29) is 19.3 Å². The van der Waals surface area contributed by atoms with Gasteiger partial charge in [-0.2, -0.15) is 0 Å². The predicted octanol–water partition coefficient (Wildman–Crippen LogP) is 0.781. The summed E-state index contributed by atoms with van der Waals surface area (Å²) in [6, 6.07) is 3.96. The number of hydrogen-bond donors (Lipinski definition) is 2. The standard InChI is InChI=1S/C12H18N2O2/c1-9-4-5-14(11(9)8-16)12-3-2-10(7-15)6-13-12/h2-3,6,9,11,15-16H,4-5,7-8H2,1H3. The molecule has 1 aromatic heterocycles. The van der Waals surface area contributed by atoms with Crippen LogP contribution in [0.2, 0.25) is 0 Å². The summed E-state index contributed by atoms with van der Waals surface area (Å²) in [7, 11) is 0. The molecule has 0 saturated carbocycles. The lowest BCUT2D eigenvalue weighted by molar-refractivity contribution is 0.244. The van der Waals surface area contributed by atoms with Crippen molar-refractivity contribution in [2.24, 2.45) is 5.92 Å². The highest BCUT2D eigenvalue weighted by molar-refractivity contribution is 5.42. The second kappa shape index (κ2) is 4.80. The van der Waals surface area contributed by atoms with Crippen LogP contribution in [0.3, 0.4) is 0 Å². The van der Waals surface area contributed by atoms with E-state index < -0.39 is 0 Å². The second-order valence-corrected chi connectivity index (χ2v) is 4.39. The molecule has 2 unspecified atom stereocenters. The van der Waals surface area contributed by atoms with Gasteiger partial charge in [-0.15, -0.1) is 0 Å². The van der Waals surface area contributed by atoms with Crippen molar-refractivity contribution in [2.75, 3.05) is 18.1 Å². The molecule has 0 bridgehead atoms. The van der Waals surface area contributed by atoms with Crippen molar-refractivity contribution in [1.29, 1.82) is 0 Å². The van der Waals surface area contributed by atoms with E-state index in [1.54, 1.807) is 6.20 Å². The summed E-state index contributed by atoms with van der Waals surface area (Å²) in [4.78, 5) is 6.46. The maximum Gasteiger partial charge on any atom is 0.128 e. The van der Waals surface area contributed by atoms with Gasteiger partial charge in [0.25, 0.3) is 0 Å². The lowest BCUT2D eigenvalue weighted by Crippen LogP contribution is -2.35. The summed E-state index contributed by atoms with van der Waals surface area (Å²) in [6.07, 6.45) is 2.78. The first-order valence-electron chi connectivity index (χ1n) is 5.69. The van der Waals surface area contributed by atoms with Gasteiger partial charge in [0.05, 0.1) is 19.3 Å². The van der Waals surface area contributed by atoms with Crippen LogP contribution in [0.25, 0.3) is 0 Å². The van der Waals surface area contributed by atoms with Crippen LogP contribution >= 0.6 is 0 Å². The fourth-order valence-electron chi connectivity index (χ4n) is 2.25. The van der Waals surface area contributed by atoms with E-state index in [4.69, 9.17) is 5.11 Å². The van der Waals surface area contributed by atoms with Crippen LogP contribution in [-0.2, 0) is 6.61 Å². The Balaban J connectivity index is 2.17. The SMILES string of the molecule is CC1CCN(c2ccc(CO)cn2)C1CO. The quantitative estimate of drug-likeness (QED) is 0.793. The normalized spacial score (nSPS) is 25.1. The van der Waals surface area contributed by atoms with E-state index in [0.29, 0.717) is 5.92 Å². The maximum atomic E-state index is 9.36.